The van der Waals surface area contributed by atoms with Crippen LogP contribution in [-0.2, 0) is 10.7 Å². The summed E-state index contributed by atoms with van der Waals surface area (Å²) in [5.41, 5.74) is 0. The molecule has 0 radical (unpaired) electrons. The summed E-state index contributed by atoms with van der Waals surface area (Å²) in [6.07, 6.45) is 3.45. The number of nitrogens with zero attached hydrogens (tertiary/aromatic N) is 4. The topological polar surface area (TPSA) is 77.3 Å². The molecule has 1 aromatic heterocycles. The Morgan fingerprint density at radius 3 is 2.69 bits per heavy atom. The minimum Gasteiger partial charge on any atom is -0.467 e. The molecule has 0 aliphatic carbocycles. The summed E-state index contributed by atoms with van der Waals surface area (Å²) in [6.45, 7) is 1.72. The van der Waals surface area contributed by atoms with Crippen LogP contribution in [0.15, 0.2) is 4.36 Å². The Kier molecular flexibility index (Phi) is 4.81. The zero-order valence-corrected chi connectivity index (χ0v) is 11.1. The predicted molar refractivity (Wildman–Crippen MR) is 65.4 cm³/mol. The molecule has 0 bridgehead atoms. The zero-order valence-electron chi connectivity index (χ0n) is 9.42. The fourth-order valence-electron chi connectivity index (χ4n) is 0.856. The molecule has 88 valence electrons. The molecule has 0 amide bonds. The number of hydrogen-bond donors (Lipinski definition) is 0. The molecule has 0 spiro atoms. The van der Waals surface area contributed by atoms with Crippen LogP contribution in [0.4, 0.5) is 10.7 Å². The maximum atomic E-state index is 11.3. The molecule has 6 nitrogen and oxygen atoms in total. The van der Waals surface area contributed by atoms with Gasteiger partial charge < -0.3 is 4.74 Å². The molecule has 0 aliphatic heterocycles. The van der Waals surface area contributed by atoms with Gasteiger partial charge in [0.05, 0.1) is 7.11 Å². The van der Waals surface area contributed by atoms with Gasteiger partial charge in [0.25, 0.3) is 10.4 Å². The molecule has 1 atom stereocenters. The Balaban J connectivity index is 3.05. The molecule has 8 heteroatoms. The van der Waals surface area contributed by atoms with Crippen molar-refractivity contribution in [2.45, 2.75) is 6.92 Å². The van der Waals surface area contributed by atoms with Gasteiger partial charge in [-0.3, -0.25) is 4.79 Å². The molecular weight excluding hydrogens is 248 g/mol. The number of ether oxygens (including phenoxy) is 1. The number of carbonyl (C=O) groups is 1. The van der Waals surface area contributed by atoms with Crippen molar-refractivity contribution in [2.24, 2.45) is 4.36 Å². The summed E-state index contributed by atoms with van der Waals surface area (Å²) < 4.78 is 9.01. The fraction of sp³-hybridized carbons (Fsp3) is 0.500. The van der Waals surface area contributed by atoms with E-state index in [0.717, 1.165) is 11.8 Å². The Morgan fingerprint density at radius 2 is 2.12 bits per heavy atom. The van der Waals surface area contributed by atoms with Crippen LogP contribution < -0.4 is 4.74 Å². The minimum atomic E-state index is -0.744. The Bertz CT molecular complexity index is 436. The van der Waals surface area contributed by atoms with Crippen molar-refractivity contribution in [1.82, 2.24) is 15.0 Å². The van der Waals surface area contributed by atoms with Crippen molar-refractivity contribution in [3.05, 3.63) is 5.82 Å². The van der Waals surface area contributed by atoms with E-state index >= 15 is 0 Å². The fourth-order valence-corrected chi connectivity index (χ4v) is 2.33. The lowest BCUT2D eigenvalue weighted by atomic mass is 10.7. The van der Waals surface area contributed by atoms with Crippen LogP contribution in [0, 0.1) is 6.92 Å². The lowest BCUT2D eigenvalue weighted by Crippen LogP contribution is -2.00. The lowest BCUT2D eigenvalue weighted by Gasteiger charge is -2.01. The summed E-state index contributed by atoms with van der Waals surface area (Å²) >= 11 is 1.14. The second-order valence-electron chi connectivity index (χ2n) is 2.69. The monoisotopic (exact) mass is 260 g/mol. The van der Waals surface area contributed by atoms with Gasteiger partial charge in [-0.15, -0.1) is 0 Å². The average molecular weight is 260 g/mol. The number of aromatic nitrogens is 3. The van der Waals surface area contributed by atoms with Crippen LogP contribution in [0.5, 0.6) is 6.01 Å². The molecule has 1 unspecified atom stereocenters. The number of carbonyl (C=O) groups excluding carboxylic acids is 1. The van der Waals surface area contributed by atoms with E-state index in [0.29, 0.717) is 5.82 Å². The molecule has 0 aliphatic rings. The highest BCUT2D eigenvalue weighted by Gasteiger charge is 2.06. The standard InChI is InChI=1S/C8H12N4O2S2/c1-5-9-6(11-7(10-5)14-2)12-16(4)8(13)15-3/h1-4H3. The van der Waals surface area contributed by atoms with Gasteiger partial charge in [0.1, 0.15) is 5.82 Å². The predicted octanol–water partition coefficient (Wildman–Crippen LogP) is 1.73. The highest BCUT2D eigenvalue weighted by molar-refractivity contribution is 8.33. The van der Waals surface area contributed by atoms with Crippen LogP contribution in [0.2, 0.25) is 0 Å². The van der Waals surface area contributed by atoms with Crippen LogP contribution in [0.1, 0.15) is 5.82 Å². The van der Waals surface area contributed by atoms with Gasteiger partial charge in [0.15, 0.2) is 0 Å². The molecule has 0 N–H and O–H groups in total. The van der Waals surface area contributed by atoms with Crippen molar-refractivity contribution in [3.8, 4) is 6.01 Å². The summed E-state index contributed by atoms with van der Waals surface area (Å²) in [6, 6.07) is 0.208. The van der Waals surface area contributed by atoms with E-state index in [1.807, 2.05) is 0 Å². The highest BCUT2D eigenvalue weighted by atomic mass is 32.2. The molecule has 0 fully saturated rings. The molecular formula is C8H12N4O2S2. The molecule has 1 rings (SSSR count). The van der Waals surface area contributed by atoms with E-state index in [4.69, 9.17) is 4.74 Å². The first kappa shape index (κ1) is 13.0. The van der Waals surface area contributed by atoms with E-state index < -0.39 is 10.7 Å². The van der Waals surface area contributed by atoms with Crippen LogP contribution >= 0.6 is 11.8 Å². The number of rotatable bonds is 2. The quantitative estimate of drug-likeness (QED) is 0.806. The van der Waals surface area contributed by atoms with Gasteiger partial charge in [-0.2, -0.15) is 19.3 Å². The third-order valence-corrected chi connectivity index (χ3v) is 4.00. The van der Waals surface area contributed by atoms with Crippen LogP contribution in [0.25, 0.3) is 0 Å². The average Bonchev–Trinajstić information content (AvgIpc) is 2.26. The van der Waals surface area contributed by atoms with Crippen molar-refractivity contribution < 1.29 is 9.53 Å². The number of hydrogen-bond acceptors (Lipinski definition) is 7. The molecule has 1 heterocycles. The summed E-state index contributed by atoms with van der Waals surface area (Å²) in [7, 11) is 0.726. The Labute approximate surface area is 100 Å². The number of aryl methyl sites for hydroxylation is 1. The van der Waals surface area contributed by atoms with Crippen molar-refractivity contribution in [3.63, 3.8) is 0 Å². The highest BCUT2D eigenvalue weighted by Crippen LogP contribution is 2.13. The van der Waals surface area contributed by atoms with E-state index in [-0.39, 0.29) is 16.4 Å². The second kappa shape index (κ2) is 5.90. The van der Waals surface area contributed by atoms with Gasteiger partial charge in [-0.05, 0) is 23.9 Å². The van der Waals surface area contributed by atoms with E-state index in [1.165, 1.54) is 7.11 Å². The normalized spacial score (nSPS) is 12.5. The van der Waals surface area contributed by atoms with Gasteiger partial charge in [0, 0.05) is 6.26 Å². The van der Waals surface area contributed by atoms with Gasteiger partial charge in [-0.25, -0.2) is 0 Å². The zero-order chi connectivity index (χ0) is 12.1. The van der Waals surface area contributed by atoms with Crippen molar-refractivity contribution in [2.75, 3.05) is 19.6 Å². The molecule has 0 aromatic carbocycles. The number of thioether (sulfide) groups is 1. The van der Waals surface area contributed by atoms with Crippen LogP contribution in [0.3, 0.4) is 0 Å². The summed E-state index contributed by atoms with van der Waals surface area (Å²) in [4.78, 5) is 23.2. The Hall–Kier alpha value is -1.02. The smallest absolute Gasteiger partial charge is 0.321 e. The molecule has 16 heavy (non-hydrogen) atoms. The third-order valence-electron chi connectivity index (χ3n) is 1.52. The summed E-state index contributed by atoms with van der Waals surface area (Å²) in [5, 5.41) is 0. The summed E-state index contributed by atoms with van der Waals surface area (Å²) in [5.74, 6) is 0.747. The molecule has 0 saturated carbocycles. The first-order chi connectivity index (χ1) is 7.56. The van der Waals surface area contributed by atoms with Crippen molar-refractivity contribution in [1.29, 1.82) is 0 Å². The van der Waals surface area contributed by atoms with E-state index in [9.17, 15) is 4.79 Å². The lowest BCUT2D eigenvalue weighted by molar-refractivity contribution is 0.276. The van der Waals surface area contributed by atoms with Gasteiger partial charge >= 0.3 is 6.01 Å². The van der Waals surface area contributed by atoms with E-state index in [2.05, 4.69) is 19.3 Å². The SMILES string of the molecule is COc1nc(C)nc(N=S(C)C(=O)SC)n1. The molecule has 0 saturated heterocycles. The molecule has 1 aromatic rings. The van der Waals surface area contributed by atoms with Crippen LogP contribution in [-0.4, -0.2) is 39.0 Å². The van der Waals surface area contributed by atoms with Gasteiger partial charge in [-0.1, -0.05) is 11.8 Å². The Morgan fingerprint density at radius 1 is 1.44 bits per heavy atom. The first-order valence-electron chi connectivity index (χ1n) is 4.29. The largest absolute Gasteiger partial charge is 0.467 e. The maximum Gasteiger partial charge on any atom is 0.321 e. The number of methoxy groups -OCH3 is 1. The van der Waals surface area contributed by atoms with Crippen molar-refractivity contribution >= 4 is 32.8 Å². The maximum absolute atomic E-state index is 11.3. The first-order valence-corrected chi connectivity index (χ1v) is 7.10. The second-order valence-corrected chi connectivity index (χ2v) is 5.24. The van der Waals surface area contributed by atoms with E-state index in [1.54, 1.807) is 19.4 Å². The van der Waals surface area contributed by atoms with Gasteiger partial charge in [0.2, 0.25) is 0 Å². The minimum absolute atomic E-state index is 0.00275. The third kappa shape index (κ3) is 3.53.